The molecule has 0 saturated heterocycles. The van der Waals surface area contributed by atoms with Crippen molar-refractivity contribution in [3.63, 3.8) is 0 Å². The average molecular weight is 254 g/mol. The van der Waals surface area contributed by atoms with Crippen LogP contribution in [0.4, 0.5) is 13.2 Å². The van der Waals surface area contributed by atoms with Crippen LogP contribution in [0.2, 0.25) is 0 Å². The average Bonchev–Trinajstić information content (AvgIpc) is 2.63. The fourth-order valence-corrected chi connectivity index (χ4v) is 2.60. The van der Waals surface area contributed by atoms with Gasteiger partial charge in [-0.25, -0.2) is 0 Å². The van der Waals surface area contributed by atoms with Crippen LogP contribution in [0.1, 0.15) is 17.7 Å². The number of halogens is 3. The summed E-state index contributed by atoms with van der Waals surface area (Å²) in [5.74, 6) is 0. The van der Waals surface area contributed by atoms with Gasteiger partial charge in [-0.3, -0.25) is 0 Å². The Labute approximate surface area is 102 Å². The molecule has 1 aliphatic rings. The van der Waals surface area contributed by atoms with Crippen molar-refractivity contribution < 1.29 is 13.2 Å². The van der Waals surface area contributed by atoms with E-state index in [0.29, 0.717) is 5.39 Å². The maximum atomic E-state index is 12.6. The van der Waals surface area contributed by atoms with Crippen LogP contribution in [-0.2, 0) is 19.1 Å². The van der Waals surface area contributed by atoms with Crippen molar-refractivity contribution in [1.29, 1.82) is 0 Å². The zero-order valence-electron chi connectivity index (χ0n) is 9.67. The van der Waals surface area contributed by atoms with Gasteiger partial charge in [-0.15, -0.1) is 0 Å². The summed E-state index contributed by atoms with van der Waals surface area (Å²) in [5.41, 5.74) is 7.18. The van der Waals surface area contributed by atoms with Gasteiger partial charge in [0.15, 0.2) is 0 Å². The second-order valence-corrected chi connectivity index (χ2v) is 4.81. The van der Waals surface area contributed by atoms with Crippen LogP contribution < -0.4 is 5.73 Å². The summed E-state index contributed by atoms with van der Waals surface area (Å²) < 4.78 is 40.0. The summed E-state index contributed by atoms with van der Waals surface area (Å²) in [6, 6.07) is 5.85. The third-order valence-corrected chi connectivity index (χ3v) is 3.51. The highest BCUT2D eigenvalue weighted by Crippen LogP contribution is 2.33. The molecule has 2 heterocycles. The van der Waals surface area contributed by atoms with Gasteiger partial charge >= 0.3 is 6.18 Å². The molecule has 3 rings (SSSR count). The standard InChI is InChI=1S/C13H13F3N2/c14-13(15,16)9-1-2-12-8(5-9)6-11-7-10(17)3-4-18(11)12/h1-2,5-6,10H,3-4,7,17H2. The molecule has 1 aromatic carbocycles. The van der Waals surface area contributed by atoms with E-state index < -0.39 is 11.7 Å². The van der Waals surface area contributed by atoms with Crippen molar-refractivity contribution in [2.75, 3.05) is 0 Å². The SMILES string of the molecule is NC1CCn2c(cc3cc(C(F)(F)F)ccc32)C1. The first kappa shape index (κ1) is 11.6. The van der Waals surface area contributed by atoms with Crippen LogP contribution in [0.5, 0.6) is 0 Å². The first-order chi connectivity index (χ1) is 8.45. The van der Waals surface area contributed by atoms with E-state index in [4.69, 9.17) is 5.73 Å². The first-order valence-corrected chi connectivity index (χ1v) is 5.90. The van der Waals surface area contributed by atoms with Crippen LogP contribution in [-0.4, -0.2) is 10.6 Å². The van der Waals surface area contributed by atoms with Crippen LogP contribution in [0.3, 0.4) is 0 Å². The van der Waals surface area contributed by atoms with Gasteiger partial charge in [0.1, 0.15) is 0 Å². The van der Waals surface area contributed by atoms with Gasteiger partial charge in [-0.1, -0.05) is 0 Å². The molecule has 1 aliphatic heterocycles. The monoisotopic (exact) mass is 254 g/mol. The van der Waals surface area contributed by atoms with Gasteiger partial charge in [-0.05, 0) is 30.7 Å². The molecule has 2 aromatic rings. The molecule has 5 heteroatoms. The Kier molecular flexibility index (Phi) is 2.41. The summed E-state index contributed by atoms with van der Waals surface area (Å²) in [6.07, 6.45) is -2.68. The first-order valence-electron chi connectivity index (χ1n) is 5.90. The van der Waals surface area contributed by atoms with E-state index in [-0.39, 0.29) is 6.04 Å². The van der Waals surface area contributed by atoms with Crippen molar-refractivity contribution in [2.45, 2.75) is 31.6 Å². The Hall–Kier alpha value is -1.49. The smallest absolute Gasteiger partial charge is 0.344 e. The number of hydrogen-bond acceptors (Lipinski definition) is 1. The lowest BCUT2D eigenvalue weighted by molar-refractivity contribution is -0.137. The Bertz CT molecular complexity index is 598. The van der Waals surface area contributed by atoms with Crippen molar-refractivity contribution >= 4 is 10.9 Å². The molecule has 0 amide bonds. The molecule has 0 bridgehead atoms. The molecule has 96 valence electrons. The zero-order valence-corrected chi connectivity index (χ0v) is 9.67. The van der Waals surface area contributed by atoms with E-state index in [1.54, 1.807) is 6.07 Å². The van der Waals surface area contributed by atoms with Crippen LogP contribution in [0.25, 0.3) is 10.9 Å². The summed E-state index contributed by atoms with van der Waals surface area (Å²) >= 11 is 0. The van der Waals surface area contributed by atoms with Crippen LogP contribution >= 0.6 is 0 Å². The minimum atomic E-state index is -4.28. The molecule has 2 nitrogen and oxygen atoms in total. The Morgan fingerprint density at radius 2 is 2.00 bits per heavy atom. The largest absolute Gasteiger partial charge is 0.416 e. The van der Waals surface area contributed by atoms with Gasteiger partial charge in [0.2, 0.25) is 0 Å². The van der Waals surface area contributed by atoms with Crippen LogP contribution in [0.15, 0.2) is 24.3 Å². The lowest BCUT2D eigenvalue weighted by Crippen LogP contribution is -2.30. The number of alkyl halides is 3. The molecular weight excluding hydrogens is 241 g/mol. The molecule has 0 spiro atoms. The maximum Gasteiger partial charge on any atom is 0.416 e. The minimum Gasteiger partial charge on any atom is -0.344 e. The summed E-state index contributed by atoms with van der Waals surface area (Å²) in [5, 5.41) is 0.647. The normalized spacial score (nSPS) is 20.1. The van der Waals surface area contributed by atoms with Gasteiger partial charge < -0.3 is 10.3 Å². The molecule has 2 N–H and O–H groups in total. The van der Waals surface area contributed by atoms with Gasteiger partial charge in [0.25, 0.3) is 0 Å². The minimum absolute atomic E-state index is 0.115. The van der Waals surface area contributed by atoms with E-state index in [2.05, 4.69) is 4.57 Å². The molecular formula is C13H13F3N2. The lowest BCUT2D eigenvalue weighted by atomic mass is 10.1. The highest BCUT2D eigenvalue weighted by atomic mass is 19.4. The predicted molar refractivity (Wildman–Crippen MR) is 63.2 cm³/mol. The Balaban J connectivity index is 2.14. The van der Waals surface area contributed by atoms with Crippen molar-refractivity contribution in [3.8, 4) is 0 Å². The predicted octanol–water partition coefficient (Wildman–Crippen LogP) is 2.93. The molecule has 1 unspecified atom stereocenters. The zero-order chi connectivity index (χ0) is 12.9. The van der Waals surface area contributed by atoms with E-state index in [1.807, 2.05) is 6.07 Å². The number of rotatable bonds is 0. The van der Waals surface area contributed by atoms with E-state index in [0.717, 1.165) is 36.7 Å². The molecule has 0 saturated carbocycles. The molecule has 1 atom stereocenters. The fourth-order valence-electron chi connectivity index (χ4n) is 2.60. The maximum absolute atomic E-state index is 12.6. The van der Waals surface area contributed by atoms with Gasteiger partial charge in [0.05, 0.1) is 5.56 Å². The van der Waals surface area contributed by atoms with E-state index >= 15 is 0 Å². The fraction of sp³-hybridized carbons (Fsp3) is 0.385. The molecule has 0 radical (unpaired) electrons. The van der Waals surface area contributed by atoms with Crippen molar-refractivity contribution in [3.05, 3.63) is 35.5 Å². The summed E-state index contributed by atoms with van der Waals surface area (Å²) in [6.45, 7) is 0.783. The number of fused-ring (bicyclic) bond motifs is 3. The van der Waals surface area contributed by atoms with Crippen molar-refractivity contribution in [1.82, 2.24) is 4.57 Å². The number of nitrogens with two attached hydrogens (primary N) is 1. The second kappa shape index (κ2) is 3.75. The molecule has 0 aliphatic carbocycles. The quantitative estimate of drug-likeness (QED) is 0.770. The molecule has 0 fully saturated rings. The number of nitrogens with zero attached hydrogens (tertiary/aromatic N) is 1. The van der Waals surface area contributed by atoms with E-state index in [1.165, 1.54) is 6.07 Å². The highest BCUT2D eigenvalue weighted by Gasteiger charge is 2.31. The highest BCUT2D eigenvalue weighted by molar-refractivity contribution is 5.82. The number of aromatic nitrogens is 1. The third-order valence-electron chi connectivity index (χ3n) is 3.51. The summed E-state index contributed by atoms with van der Waals surface area (Å²) in [4.78, 5) is 0. The van der Waals surface area contributed by atoms with Gasteiger partial charge in [0, 0.05) is 35.6 Å². The van der Waals surface area contributed by atoms with E-state index in [9.17, 15) is 13.2 Å². The number of aryl methyl sites for hydroxylation is 1. The van der Waals surface area contributed by atoms with Crippen molar-refractivity contribution in [2.24, 2.45) is 5.73 Å². The molecule has 18 heavy (non-hydrogen) atoms. The van der Waals surface area contributed by atoms with Gasteiger partial charge in [-0.2, -0.15) is 13.2 Å². The Morgan fingerprint density at radius 3 is 2.72 bits per heavy atom. The molecule has 1 aromatic heterocycles. The third kappa shape index (κ3) is 1.79. The topological polar surface area (TPSA) is 30.9 Å². The number of benzene rings is 1. The summed E-state index contributed by atoms with van der Waals surface area (Å²) in [7, 11) is 0. The lowest BCUT2D eigenvalue weighted by Gasteiger charge is -2.21. The van der Waals surface area contributed by atoms with Crippen LogP contribution in [0, 0.1) is 0 Å². The Morgan fingerprint density at radius 1 is 1.22 bits per heavy atom. The number of hydrogen-bond donors (Lipinski definition) is 1. The second-order valence-electron chi connectivity index (χ2n) is 4.81.